The molecule has 0 radical (unpaired) electrons. The Morgan fingerprint density at radius 2 is 2.38 bits per heavy atom. The molecule has 0 aliphatic carbocycles. The van der Waals surface area contributed by atoms with Gasteiger partial charge in [-0.25, -0.2) is 0 Å². The molecule has 1 aliphatic heterocycles. The van der Waals surface area contributed by atoms with Crippen LogP contribution < -0.4 is 15.8 Å². The summed E-state index contributed by atoms with van der Waals surface area (Å²) >= 11 is 0. The number of fused-ring (bicyclic) bond motifs is 1. The van der Waals surface area contributed by atoms with Gasteiger partial charge in [0.1, 0.15) is 12.4 Å². The first-order chi connectivity index (χ1) is 7.83. The summed E-state index contributed by atoms with van der Waals surface area (Å²) in [6, 6.07) is 6.28. The van der Waals surface area contributed by atoms with Crippen LogP contribution in [0.25, 0.3) is 10.9 Å². The summed E-state index contributed by atoms with van der Waals surface area (Å²) in [5.74, 6) is 1.38. The van der Waals surface area contributed by atoms with E-state index >= 15 is 0 Å². The van der Waals surface area contributed by atoms with Gasteiger partial charge in [0.05, 0.1) is 5.52 Å². The van der Waals surface area contributed by atoms with Gasteiger partial charge in [0.2, 0.25) is 0 Å². The fourth-order valence-electron chi connectivity index (χ4n) is 1.80. The molecule has 4 N–H and O–H groups in total. The Balaban J connectivity index is 1.76. The van der Waals surface area contributed by atoms with Crippen molar-refractivity contribution in [3.05, 3.63) is 18.2 Å². The van der Waals surface area contributed by atoms with Crippen LogP contribution in [-0.4, -0.2) is 29.4 Å². The Hall–Kier alpha value is -1.75. The quantitative estimate of drug-likeness (QED) is 0.715. The van der Waals surface area contributed by atoms with Crippen LogP contribution in [-0.2, 0) is 0 Å². The van der Waals surface area contributed by atoms with E-state index in [-0.39, 0.29) is 0 Å². The number of benzene rings is 1. The molecule has 3 rings (SSSR count). The number of nitrogen functional groups attached to an aromatic ring is 1. The maximum absolute atomic E-state index is 5.69. The lowest BCUT2D eigenvalue weighted by molar-refractivity contribution is 0.217. The number of nitrogens with two attached hydrogens (primary N) is 1. The van der Waals surface area contributed by atoms with E-state index in [0.717, 1.165) is 29.8 Å². The highest BCUT2D eigenvalue weighted by atomic mass is 16.5. The number of nitrogens with zero attached hydrogens (tertiary/aromatic N) is 1. The van der Waals surface area contributed by atoms with Gasteiger partial charge in [0.15, 0.2) is 5.82 Å². The van der Waals surface area contributed by atoms with Crippen LogP contribution in [0.15, 0.2) is 18.2 Å². The van der Waals surface area contributed by atoms with Gasteiger partial charge in [-0.15, -0.1) is 0 Å². The second-order valence-electron chi connectivity index (χ2n) is 4.07. The monoisotopic (exact) mass is 218 g/mol. The van der Waals surface area contributed by atoms with Crippen molar-refractivity contribution >= 4 is 16.7 Å². The van der Waals surface area contributed by atoms with E-state index in [9.17, 15) is 0 Å². The summed E-state index contributed by atoms with van der Waals surface area (Å²) in [6.07, 6.45) is 1.19. The maximum Gasteiger partial charge on any atom is 0.153 e. The molecule has 16 heavy (non-hydrogen) atoms. The third-order valence-electron chi connectivity index (χ3n) is 2.94. The van der Waals surface area contributed by atoms with Crippen molar-refractivity contribution < 1.29 is 4.74 Å². The van der Waals surface area contributed by atoms with Gasteiger partial charge in [0.25, 0.3) is 0 Å². The molecule has 5 heteroatoms. The smallest absolute Gasteiger partial charge is 0.153 e. The highest BCUT2D eigenvalue weighted by Crippen LogP contribution is 2.23. The molecular weight excluding hydrogens is 204 g/mol. The van der Waals surface area contributed by atoms with E-state index in [1.54, 1.807) is 0 Å². The van der Waals surface area contributed by atoms with Crippen LogP contribution >= 0.6 is 0 Å². The molecule has 84 valence electrons. The van der Waals surface area contributed by atoms with Crippen molar-refractivity contribution in [2.24, 2.45) is 0 Å². The fourth-order valence-corrected chi connectivity index (χ4v) is 1.80. The molecule has 1 unspecified atom stereocenters. The molecule has 5 nitrogen and oxygen atoms in total. The van der Waals surface area contributed by atoms with Crippen LogP contribution in [0.3, 0.4) is 0 Å². The first kappa shape index (κ1) is 9.47. The molecule has 1 saturated heterocycles. The van der Waals surface area contributed by atoms with Crippen LogP contribution in [0.1, 0.15) is 6.42 Å². The summed E-state index contributed by atoms with van der Waals surface area (Å²) < 4.78 is 5.68. The van der Waals surface area contributed by atoms with Gasteiger partial charge in [-0.3, -0.25) is 5.10 Å². The topological polar surface area (TPSA) is 76.0 Å². The summed E-state index contributed by atoms with van der Waals surface area (Å²) in [7, 11) is 0. The highest BCUT2D eigenvalue weighted by molar-refractivity contribution is 5.89. The van der Waals surface area contributed by atoms with Crippen molar-refractivity contribution in [3.8, 4) is 5.75 Å². The lowest BCUT2D eigenvalue weighted by Crippen LogP contribution is -2.46. The molecule has 1 aliphatic rings. The number of hydrogen-bond donors (Lipinski definition) is 3. The molecule has 0 amide bonds. The molecule has 1 aromatic carbocycles. The van der Waals surface area contributed by atoms with Crippen molar-refractivity contribution in [3.63, 3.8) is 0 Å². The fraction of sp³-hybridized carbons (Fsp3) is 0.364. The average Bonchev–Trinajstić information content (AvgIpc) is 2.58. The summed E-state index contributed by atoms with van der Waals surface area (Å²) in [4.78, 5) is 0. The summed E-state index contributed by atoms with van der Waals surface area (Å²) in [6.45, 7) is 1.82. The standard InChI is InChI=1S/C11H14N4O/c12-11-9-2-1-8(5-10(9)14-15-11)16-6-7-3-4-13-7/h1-2,5,7,13H,3-4,6H2,(H3,12,14,15). The van der Waals surface area contributed by atoms with E-state index < -0.39 is 0 Å². The van der Waals surface area contributed by atoms with Gasteiger partial charge in [-0.1, -0.05) is 0 Å². The van der Waals surface area contributed by atoms with Gasteiger partial charge in [-0.05, 0) is 25.1 Å². The summed E-state index contributed by atoms with van der Waals surface area (Å²) in [5.41, 5.74) is 6.60. The van der Waals surface area contributed by atoms with Gasteiger partial charge >= 0.3 is 0 Å². The minimum atomic E-state index is 0.502. The van der Waals surface area contributed by atoms with E-state index in [2.05, 4.69) is 15.5 Å². The van der Waals surface area contributed by atoms with Gasteiger partial charge in [-0.2, -0.15) is 5.10 Å². The lowest BCUT2D eigenvalue weighted by atomic mass is 10.1. The molecule has 2 heterocycles. The largest absolute Gasteiger partial charge is 0.492 e. The highest BCUT2D eigenvalue weighted by Gasteiger charge is 2.16. The number of anilines is 1. The molecule has 1 fully saturated rings. The zero-order chi connectivity index (χ0) is 11.0. The zero-order valence-corrected chi connectivity index (χ0v) is 8.86. The third-order valence-corrected chi connectivity index (χ3v) is 2.94. The second kappa shape index (κ2) is 3.68. The number of H-pyrrole nitrogens is 1. The molecule has 1 aromatic heterocycles. The minimum Gasteiger partial charge on any atom is -0.492 e. The van der Waals surface area contributed by atoms with Gasteiger partial charge < -0.3 is 15.8 Å². The predicted octanol–water partition coefficient (Wildman–Crippen LogP) is 0.886. The lowest BCUT2D eigenvalue weighted by Gasteiger charge is -2.27. The number of aromatic amines is 1. The number of aromatic nitrogens is 2. The van der Waals surface area contributed by atoms with Crippen molar-refractivity contribution in [1.82, 2.24) is 15.5 Å². The van der Waals surface area contributed by atoms with E-state index in [1.165, 1.54) is 6.42 Å². The predicted molar refractivity (Wildman–Crippen MR) is 62.4 cm³/mol. The van der Waals surface area contributed by atoms with E-state index in [4.69, 9.17) is 10.5 Å². The van der Waals surface area contributed by atoms with Crippen LogP contribution in [0.5, 0.6) is 5.75 Å². The normalized spacial score (nSPS) is 19.6. The SMILES string of the molecule is Nc1n[nH]c2cc(OCC3CCN3)ccc12. The number of hydrogen-bond acceptors (Lipinski definition) is 4. The van der Waals surface area contributed by atoms with E-state index in [0.29, 0.717) is 11.9 Å². The molecule has 0 saturated carbocycles. The van der Waals surface area contributed by atoms with Crippen LogP contribution in [0, 0.1) is 0 Å². The van der Waals surface area contributed by atoms with E-state index in [1.807, 2.05) is 18.2 Å². The third kappa shape index (κ3) is 1.59. The molecule has 2 aromatic rings. The molecule has 0 bridgehead atoms. The van der Waals surface area contributed by atoms with Crippen LogP contribution in [0.2, 0.25) is 0 Å². The zero-order valence-electron chi connectivity index (χ0n) is 8.86. The maximum atomic E-state index is 5.69. The first-order valence-corrected chi connectivity index (χ1v) is 5.43. The van der Waals surface area contributed by atoms with Crippen molar-refractivity contribution in [2.75, 3.05) is 18.9 Å². The Labute approximate surface area is 93.0 Å². The minimum absolute atomic E-state index is 0.502. The Kier molecular flexibility index (Phi) is 2.18. The molecular formula is C11H14N4O. The van der Waals surface area contributed by atoms with Gasteiger partial charge in [0, 0.05) is 17.5 Å². The Bertz CT molecular complexity index is 504. The number of nitrogens with one attached hydrogen (secondary N) is 2. The number of rotatable bonds is 3. The van der Waals surface area contributed by atoms with Crippen molar-refractivity contribution in [1.29, 1.82) is 0 Å². The molecule has 0 spiro atoms. The second-order valence-corrected chi connectivity index (χ2v) is 4.07. The average molecular weight is 218 g/mol. The Morgan fingerprint density at radius 1 is 1.50 bits per heavy atom. The van der Waals surface area contributed by atoms with Crippen molar-refractivity contribution in [2.45, 2.75) is 12.5 Å². The molecule has 1 atom stereocenters. The first-order valence-electron chi connectivity index (χ1n) is 5.43. The Morgan fingerprint density at radius 3 is 3.12 bits per heavy atom. The van der Waals surface area contributed by atoms with Crippen LogP contribution in [0.4, 0.5) is 5.82 Å². The number of ether oxygens (including phenoxy) is 1. The summed E-state index contributed by atoms with van der Waals surface area (Å²) in [5, 5.41) is 11.0.